The summed E-state index contributed by atoms with van der Waals surface area (Å²) in [6, 6.07) is 0.785. The first-order valence-corrected chi connectivity index (χ1v) is 45.5. The molecule has 0 aliphatic rings. The fraction of sp³-hybridized carbons (Fsp3) is 1.00. The molecule has 0 spiro atoms. The Morgan fingerprint density at radius 1 is 0.326 bits per heavy atom. The molecule has 0 aromatic rings. The minimum atomic E-state index is -4.92. The van der Waals surface area contributed by atoms with Crippen LogP contribution in [0, 0.1) is 5.92 Å². The normalized spacial score (nSPS) is 14.2. The van der Waals surface area contributed by atoms with Crippen LogP contribution in [0.1, 0.15) is 215 Å². The van der Waals surface area contributed by atoms with Crippen molar-refractivity contribution in [3.8, 4) is 0 Å². The second-order valence-corrected chi connectivity index (χ2v) is 47.7. The average Bonchev–Trinajstić information content (AvgIpc) is 0.892. The van der Waals surface area contributed by atoms with Gasteiger partial charge in [0.05, 0.1) is 0 Å². The lowest BCUT2D eigenvalue weighted by Crippen LogP contribution is -2.37. The van der Waals surface area contributed by atoms with Gasteiger partial charge in [0.2, 0.25) is 0 Å². The molecular weight excluding hydrogens is 1420 g/mol. The lowest BCUT2D eigenvalue weighted by Gasteiger charge is -2.34. The van der Waals surface area contributed by atoms with Crippen LogP contribution in [0.3, 0.4) is 0 Å². The summed E-state index contributed by atoms with van der Waals surface area (Å²) in [6.07, 6.45) is 6.75. The van der Waals surface area contributed by atoms with Crippen LogP contribution >= 0.6 is 76.0 Å². The summed E-state index contributed by atoms with van der Waals surface area (Å²) in [5.74, 6) is 0.464. The minimum Gasteiger partial charge on any atom is -0.324 e. The maximum Gasteiger partial charge on any atom is 0.343 e. The van der Waals surface area contributed by atoms with Gasteiger partial charge in [-0.25, -0.2) is 0 Å². The first-order chi connectivity index (χ1) is 39.9. The van der Waals surface area contributed by atoms with Crippen LogP contribution in [-0.4, -0.2) is 196 Å². The highest BCUT2D eigenvalue weighted by molar-refractivity contribution is 7.74. The maximum absolute atomic E-state index is 11.5. The van der Waals surface area contributed by atoms with Gasteiger partial charge in [0.25, 0.3) is 0 Å². The Kier molecular flexibility index (Phi) is 48.4. The highest BCUT2D eigenvalue weighted by Gasteiger charge is 2.59. The van der Waals surface area contributed by atoms with Gasteiger partial charge in [-0.2, -0.15) is 0 Å². The molecule has 0 aliphatic heterocycles. The third-order valence-electron chi connectivity index (χ3n) is 15.7. The van der Waals surface area contributed by atoms with Gasteiger partial charge in [-0.3, -0.25) is 45.7 Å². The van der Waals surface area contributed by atoms with E-state index in [-0.39, 0.29) is 77.3 Å². The predicted molar refractivity (Wildman–Crippen MR) is 360 cm³/mol. The molecule has 0 rings (SSSR count). The van der Waals surface area contributed by atoms with Crippen LogP contribution in [0.4, 0.5) is 0 Å². The Morgan fingerprint density at radius 2 is 0.598 bits per heavy atom. The van der Waals surface area contributed by atoms with Crippen molar-refractivity contribution in [3.63, 3.8) is 0 Å². The number of hydrogen-bond donors (Lipinski definition) is 22. The Hall–Kier alpha value is 1.34. The van der Waals surface area contributed by atoms with Crippen molar-refractivity contribution < 1.29 is 144 Å². The summed E-state index contributed by atoms with van der Waals surface area (Å²) in [4.78, 5) is 175. The molecular formula is C48H122N4O30P10. The van der Waals surface area contributed by atoms with E-state index in [1.54, 1.807) is 11.9 Å². The Balaban J connectivity index is -0.000000251. The maximum atomic E-state index is 11.5. The molecule has 0 aromatic carbocycles. The fourth-order valence-electron chi connectivity index (χ4n) is 7.44. The van der Waals surface area contributed by atoms with Crippen LogP contribution in [-0.2, 0) is 45.7 Å². The van der Waals surface area contributed by atoms with Crippen LogP contribution in [0.25, 0.3) is 0 Å². The highest BCUT2D eigenvalue weighted by atomic mass is 31.3. The van der Waals surface area contributed by atoms with Crippen molar-refractivity contribution in [2.45, 2.75) is 263 Å². The van der Waals surface area contributed by atoms with Gasteiger partial charge in [-0.05, 0) is 146 Å². The van der Waals surface area contributed by atoms with Gasteiger partial charge >= 0.3 is 76.0 Å². The van der Waals surface area contributed by atoms with Gasteiger partial charge in [0.15, 0.2) is 24.5 Å². The molecule has 22 N–H and O–H groups in total. The molecule has 0 unspecified atom stereocenters. The number of nitrogens with zero attached hydrogens (tertiary/aromatic N) is 2. The first kappa shape index (κ1) is 104. The second-order valence-electron chi connectivity index (χ2n) is 25.2. The van der Waals surface area contributed by atoms with Crippen molar-refractivity contribution in [1.82, 2.24) is 20.4 Å². The summed E-state index contributed by atoms with van der Waals surface area (Å²) in [6.45, 7) is 28.5. The van der Waals surface area contributed by atoms with Crippen LogP contribution in [0.2, 0.25) is 0 Å². The summed E-state index contributed by atoms with van der Waals surface area (Å²) in [5.41, 5.74) is 0. The highest BCUT2D eigenvalue weighted by Crippen LogP contribution is 2.74. The summed E-state index contributed by atoms with van der Waals surface area (Å²) in [5, 5.41) is 6.11. The van der Waals surface area contributed by atoms with Gasteiger partial charge in [0, 0.05) is 30.7 Å². The van der Waals surface area contributed by atoms with Crippen molar-refractivity contribution in [2.75, 3.05) is 39.8 Å². The number of nitrogens with one attached hydrogen (secondary N) is 2. The molecule has 0 atom stereocenters. The van der Waals surface area contributed by atoms with Crippen molar-refractivity contribution >= 4 is 76.0 Å². The smallest absolute Gasteiger partial charge is 0.324 e. The fourth-order valence-corrected chi connectivity index (χ4v) is 18.4. The Bertz CT molecular complexity index is 2470. The van der Waals surface area contributed by atoms with Crippen molar-refractivity contribution in [3.05, 3.63) is 0 Å². The molecule has 0 radical (unpaired) electrons. The second kappa shape index (κ2) is 42.7. The van der Waals surface area contributed by atoms with Gasteiger partial charge in [-0.1, -0.05) is 107 Å². The zero-order valence-electron chi connectivity index (χ0n) is 55.9. The van der Waals surface area contributed by atoms with Crippen molar-refractivity contribution in [2.24, 2.45) is 5.92 Å². The average molecular weight is 1550 g/mol. The summed E-state index contributed by atoms with van der Waals surface area (Å²) in [7, 11) is -47.0. The lowest BCUT2D eigenvalue weighted by molar-refractivity contribution is 0.203. The van der Waals surface area contributed by atoms with E-state index in [0.29, 0.717) is 37.6 Å². The van der Waals surface area contributed by atoms with E-state index in [9.17, 15) is 84.8 Å². The van der Waals surface area contributed by atoms with Gasteiger partial charge < -0.3 is 118 Å². The number of hydrogen-bond acceptors (Lipinski definition) is 14. The summed E-state index contributed by atoms with van der Waals surface area (Å²) >= 11 is 0. The van der Waals surface area contributed by atoms with E-state index in [0.717, 1.165) is 86.2 Å². The van der Waals surface area contributed by atoms with E-state index >= 15 is 0 Å². The zero-order chi connectivity index (χ0) is 74.1. The Labute approximate surface area is 546 Å². The molecule has 34 nitrogen and oxygen atoms in total. The monoisotopic (exact) mass is 1540 g/mol. The molecule has 564 valence electrons. The zero-order valence-corrected chi connectivity index (χ0v) is 64.9. The van der Waals surface area contributed by atoms with Crippen LogP contribution < -0.4 is 10.6 Å². The largest absolute Gasteiger partial charge is 0.343 e. The summed E-state index contributed by atoms with van der Waals surface area (Å²) < 4.78 is 113. The standard InChI is InChI=1S/C12H29NO6P2.C11H27NO6P2.C9H22O6P2.C8H21NO6P2.C7H19NO6P2.CH4/c1-5-6-7-9-13(11(2)3)10-8-12(4,20(14,15)16)21(17,18)19;1-10(2)12-9-7-5-4-6-8-11(3,19(13,14)15)20(16,17)18;1-8(2)6-4-5-7-9(3,16(10,11)12)17(13,14)15;1-7(2)9(4)6-5-8(3,16(10,11)12)17(13,14)15;1-6(2)8-5-4-7(3,15(9,10)11)16(12,13)14;/h11H,5-10H2,1-4H3,(H2,14,15,16)(H2,17,18,19);10,12H,4-9H2,1-3H3,(H2,13,14,15)(H2,16,17,18);8H,4-7H2,1-3H3,(H2,10,11,12)(H2,13,14,15);7H,5-6H2,1-4H3,(H2,10,11,12)(H2,13,14,15);6,8H,4-5H2,1-3H3,(H2,9,10,11)(H2,12,13,14);1H4. The van der Waals surface area contributed by atoms with E-state index in [4.69, 9.17) is 58.7 Å². The Morgan fingerprint density at radius 3 is 0.870 bits per heavy atom. The minimum absolute atomic E-state index is 0. The molecule has 44 heteroatoms. The third kappa shape index (κ3) is 36.8. The predicted octanol–water partition coefficient (Wildman–Crippen LogP) is 8.50. The quantitative estimate of drug-likeness (QED) is 0.0202. The molecule has 0 saturated heterocycles. The lowest BCUT2D eigenvalue weighted by atomic mass is 10.0. The van der Waals surface area contributed by atoms with Crippen LogP contribution in [0.5, 0.6) is 0 Å². The van der Waals surface area contributed by atoms with E-state index in [2.05, 4.69) is 17.6 Å². The van der Waals surface area contributed by atoms with E-state index < -0.39 is 100 Å². The number of unbranched alkanes of at least 4 members (excludes halogenated alkanes) is 6. The molecule has 0 aliphatic carbocycles. The van der Waals surface area contributed by atoms with E-state index in [1.807, 2.05) is 74.1 Å². The van der Waals surface area contributed by atoms with Gasteiger partial charge in [-0.15, -0.1) is 0 Å². The molecule has 0 amide bonds. The topological polar surface area (TPSA) is 606 Å². The van der Waals surface area contributed by atoms with Gasteiger partial charge in [0.1, 0.15) is 0 Å². The molecule has 0 saturated carbocycles. The first-order valence-electron chi connectivity index (χ1n) is 29.4. The number of rotatable bonds is 39. The third-order valence-corrected chi connectivity index (χ3v) is 38.3. The van der Waals surface area contributed by atoms with Crippen LogP contribution in [0.15, 0.2) is 0 Å². The molecule has 0 bridgehead atoms. The van der Waals surface area contributed by atoms with Crippen molar-refractivity contribution in [1.29, 1.82) is 0 Å². The SMILES string of the molecule is C.CC(C)CCCCC(C)(P(=O)(O)O)P(=O)(O)O.CC(C)N(C)CCC(C)(P(=O)(O)O)P(=O)(O)O.CC(C)NCCC(C)(P(=O)(O)O)P(=O)(O)O.CC(C)NCCCCCCC(C)(P(=O)(O)O)P(=O)(O)O.CCCCCN(CCC(C)(P(=O)(O)O)P(=O)(O)O)C(C)C. The molecule has 0 aromatic heterocycles. The molecule has 0 heterocycles. The molecule has 92 heavy (non-hydrogen) atoms. The van der Waals surface area contributed by atoms with E-state index in [1.165, 1.54) is 0 Å². The molecule has 0 fully saturated rings.